The first-order valence-corrected chi connectivity index (χ1v) is 2.99. The molecule has 0 bridgehead atoms. The van der Waals surface area contributed by atoms with Gasteiger partial charge in [0.05, 0.1) is 0 Å². The van der Waals surface area contributed by atoms with Crippen LogP contribution in [0.15, 0.2) is 24.3 Å². The molecule has 0 aliphatic carbocycles. The van der Waals surface area contributed by atoms with E-state index in [-0.39, 0.29) is 0 Å². The Balaban J connectivity index is 3.48. The molecular weight excluding hydrogens is 110 g/mol. The number of allylic oxidation sites excluding steroid dienone is 3. The summed E-state index contributed by atoms with van der Waals surface area (Å²) in [5.41, 5.74) is 1.73. The Morgan fingerprint density at radius 2 is 2.11 bits per heavy atom. The standard InChI is InChI=1S/C8H13N/c1-7(2)5-4-6-8(3)9/h4-5,9H,1,6H2,2-3H3/b5-4-,9-8?. The third-order valence-corrected chi connectivity index (χ3v) is 0.826. The van der Waals surface area contributed by atoms with Crippen LogP contribution in [0.1, 0.15) is 20.3 Å². The number of nitrogens with one attached hydrogen (secondary N) is 1. The molecule has 0 aromatic carbocycles. The summed E-state index contributed by atoms with van der Waals surface area (Å²) in [5.74, 6) is 0. The smallest absolute Gasteiger partial charge is 0.00959 e. The normalized spacial score (nSPS) is 10.0. The Hall–Kier alpha value is -0.850. The van der Waals surface area contributed by atoms with Gasteiger partial charge in [0, 0.05) is 12.1 Å². The fraction of sp³-hybridized carbons (Fsp3) is 0.375. The third-order valence-electron chi connectivity index (χ3n) is 0.826. The quantitative estimate of drug-likeness (QED) is 0.440. The van der Waals surface area contributed by atoms with Crippen LogP contribution in [-0.4, -0.2) is 5.71 Å². The van der Waals surface area contributed by atoms with Gasteiger partial charge in [0.25, 0.3) is 0 Å². The largest absolute Gasteiger partial charge is 0.310 e. The number of hydrogen-bond donors (Lipinski definition) is 1. The average Bonchev–Trinajstić information content (AvgIpc) is 1.63. The van der Waals surface area contributed by atoms with Crippen molar-refractivity contribution in [1.82, 2.24) is 0 Å². The highest BCUT2D eigenvalue weighted by atomic mass is 14.4. The molecule has 0 spiro atoms. The fourth-order valence-electron chi connectivity index (χ4n) is 0.437. The molecule has 0 aromatic rings. The fourth-order valence-corrected chi connectivity index (χ4v) is 0.437. The minimum atomic E-state index is 0.688. The van der Waals surface area contributed by atoms with E-state index in [1.807, 2.05) is 19.1 Å². The summed E-state index contributed by atoms with van der Waals surface area (Å²) in [6.45, 7) is 7.43. The minimum Gasteiger partial charge on any atom is -0.310 e. The molecule has 1 heteroatoms. The van der Waals surface area contributed by atoms with Crippen molar-refractivity contribution in [3.05, 3.63) is 24.3 Å². The van der Waals surface area contributed by atoms with Gasteiger partial charge in [-0.15, -0.1) is 0 Å². The van der Waals surface area contributed by atoms with Crippen molar-refractivity contribution in [2.45, 2.75) is 20.3 Å². The predicted molar refractivity (Wildman–Crippen MR) is 42.0 cm³/mol. The molecule has 0 saturated carbocycles. The van der Waals surface area contributed by atoms with Crippen LogP contribution in [-0.2, 0) is 0 Å². The zero-order chi connectivity index (χ0) is 7.28. The lowest BCUT2D eigenvalue weighted by molar-refractivity contribution is 1.33. The number of hydrogen-bond acceptors (Lipinski definition) is 1. The maximum atomic E-state index is 7.06. The first kappa shape index (κ1) is 8.15. The maximum Gasteiger partial charge on any atom is 0.00959 e. The highest BCUT2D eigenvalue weighted by Gasteiger charge is 1.79. The van der Waals surface area contributed by atoms with Crippen molar-refractivity contribution in [2.75, 3.05) is 0 Å². The van der Waals surface area contributed by atoms with Gasteiger partial charge in [0.15, 0.2) is 0 Å². The van der Waals surface area contributed by atoms with E-state index in [2.05, 4.69) is 6.58 Å². The Bertz CT molecular complexity index is 143. The lowest BCUT2D eigenvalue weighted by atomic mass is 10.2. The van der Waals surface area contributed by atoms with Crippen LogP contribution in [0.2, 0.25) is 0 Å². The second-order valence-electron chi connectivity index (χ2n) is 2.23. The topological polar surface area (TPSA) is 23.9 Å². The summed E-state index contributed by atoms with van der Waals surface area (Å²) in [5, 5.41) is 7.06. The highest BCUT2D eigenvalue weighted by Crippen LogP contribution is 1.91. The summed E-state index contributed by atoms with van der Waals surface area (Å²) in [6.07, 6.45) is 4.62. The first-order chi connectivity index (χ1) is 4.13. The van der Waals surface area contributed by atoms with Gasteiger partial charge in [-0.1, -0.05) is 24.3 Å². The molecule has 0 aliphatic rings. The minimum absolute atomic E-state index is 0.688. The van der Waals surface area contributed by atoms with Crippen molar-refractivity contribution in [3.8, 4) is 0 Å². The van der Waals surface area contributed by atoms with Gasteiger partial charge in [-0.25, -0.2) is 0 Å². The molecule has 0 atom stereocenters. The van der Waals surface area contributed by atoms with Crippen molar-refractivity contribution >= 4 is 5.71 Å². The van der Waals surface area contributed by atoms with Crippen molar-refractivity contribution in [3.63, 3.8) is 0 Å². The lowest BCUT2D eigenvalue weighted by Gasteiger charge is -1.86. The van der Waals surface area contributed by atoms with Crippen LogP contribution in [0.25, 0.3) is 0 Å². The van der Waals surface area contributed by atoms with Crippen molar-refractivity contribution < 1.29 is 0 Å². The van der Waals surface area contributed by atoms with Crippen LogP contribution >= 0.6 is 0 Å². The Kier molecular flexibility index (Phi) is 3.69. The van der Waals surface area contributed by atoms with E-state index in [9.17, 15) is 0 Å². The second kappa shape index (κ2) is 4.07. The summed E-state index contributed by atoms with van der Waals surface area (Å²) >= 11 is 0. The van der Waals surface area contributed by atoms with E-state index < -0.39 is 0 Å². The van der Waals surface area contributed by atoms with Crippen LogP contribution in [0.4, 0.5) is 0 Å². The maximum absolute atomic E-state index is 7.06. The average molecular weight is 123 g/mol. The molecule has 0 fully saturated rings. The third kappa shape index (κ3) is 7.15. The highest BCUT2D eigenvalue weighted by molar-refractivity contribution is 5.79. The molecule has 0 rings (SSSR count). The van der Waals surface area contributed by atoms with Crippen LogP contribution in [0.5, 0.6) is 0 Å². The van der Waals surface area contributed by atoms with Crippen molar-refractivity contribution in [2.24, 2.45) is 0 Å². The zero-order valence-electron chi connectivity index (χ0n) is 6.07. The molecule has 1 nitrogen and oxygen atoms in total. The zero-order valence-corrected chi connectivity index (χ0v) is 6.07. The summed E-state index contributed by atoms with van der Waals surface area (Å²) < 4.78 is 0. The van der Waals surface area contributed by atoms with Gasteiger partial charge in [-0.05, 0) is 13.8 Å². The molecule has 0 aliphatic heterocycles. The van der Waals surface area contributed by atoms with Crippen LogP contribution in [0.3, 0.4) is 0 Å². The van der Waals surface area contributed by atoms with Gasteiger partial charge in [-0.2, -0.15) is 0 Å². The Morgan fingerprint density at radius 3 is 2.44 bits per heavy atom. The molecular formula is C8H13N. The molecule has 0 radical (unpaired) electrons. The van der Waals surface area contributed by atoms with E-state index in [1.165, 1.54) is 0 Å². The monoisotopic (exact) mass is 123 g/mol. The van der Waals surface area contributed by atoms with E-state index in [4.69, 9.17) is 5.41 Å². The van der Waals surface area contributed by atoms with E-state index >= 15 is 0 Å². The molecule has 1 N–H and O–H groups in total. The van der Waals surface area contributed by atoms with Crippen LogP contribution < -0.4 is 0 Å². The van der Waals surface area contributed by atoms with E-state index in [0.717, 1.165) is 12.0 Å². The SMILES string of the molecule is C=C(C)/C=C\CC(C)=N. The second-order valence-corrected chi connectivity index (χ2v) is 2.23. The van der Waals surface area contributed by atoms with Crippen molar-refractivity contribution in [1.29, 1.82) is 5.41 Å². The van der Waals surface area contributed by atoms with Crippen LogP contribution in [0, 0.1) is 5.41 Å². The summed E-state index contributed by atoms with van der Waals surface area (Å²) in [6, 6.07) is 0. The number of rotatable bonds is 3. The van der Waals surface area contributed by atoms with Gasteiger partial charge in [-0.3, -0.25) is 0 Å². The van der Waals surface area contributed by atoms with Gasteiger partial charge in [0.2, 0.25) is 0 Å². The first-order valence-electron chi connectivity index (χ1n) is 2.99. The molecule has 0 saturated heterocycles. The van der Waals surface area contributed by atoms with Gasteiger partial charge in [0.1, 0.15) is 0 Å². The molecule has 50 valence electrons. The van der Waals surface area contributed by atoms with E-state index in [0.29, 0.717) is 5.71 Å². The molecule has 0 unspecified atom stereocenters. The lowest BCUT2D eigenvalue weighted by Crippen LogP contribution is -1.82. The predicted octanol–water partition coefficient (Wildman–Crippen LogP) is 2.55. The van der Waals surface area contributed by atoms with E-state index in [1.54, 1.807) is 6.92 Å². The van der Waals surface area contributed by atoms with Gasteiger partial charge >= 0.3 is 0 Å². The summed E-state index contributed by atoms with van der Waals surface area (Å²) in [7, 11) is 0. The molecule has 9 heavy (non-hydrogen) atoms. The Morgan fingerprint density at radius 1 is 1.56 bits per heavy atom. The molecule has 0 amide bonds. The van der Waals surface area contributed by atoms with Gasteiger partial charge < -0.3 is 5.41 Å². The summed E-state index contributed by atoms with van der Waals surface area (Å²) in [4.78, 5) is 0. The molecule has 0 aromatic heterocycles. The Labute approximate surface area is 56.6 Å². The molecule has 0 heterocycles.